The molecule has 0 heterocycles. The van der Waals surface area contributed by atoms with Crippen molar-refractivity contribution in [2.75, 3.05) is 14.2 Å². The third-order valence-electron chi connectivity index (χ3n) is 4.03. The molecule has 126 valence electrons. The Kier molecular flexibility index (Phi) is 6.55. The Morgan fingerprint density at radius 3 is 2.25 bits per heavy atom. The molecule has 0 bridgehead atoms. The number of benzene rings is 2. The van der Waals surface area contributed by atoms with E-state index in [0.29, 0.717) is 17.5 Å². The van der Waals surface area contributed by atoms with Crippen molar-refractivity contribution in [2.45, 2.75) is 25.2 Å². The molecule has 0 radical (unpaired) electrons. The molecule has 0 N–H and O–H groups in total. The average Bonchev–Trinajstić information content (AvgIpc) is 2.65. The van der Waals surface area contributed by atoms with E-state index in [-0.39, 0.29) is 5.97 Å². The molecule has 0 aliphatic heterocycles. The summed E-state index contributed by atoms with van der Waals surface area (Å²) in [5.74, 6) is -1.25. The Bertz CT molecular complexity index is 679. The van der Waals surface area contributed by atoms with Crippen LogP contribution < -0.4 is 0 Å². The fourth-order valence-electron chi connectivity index (χ4n) is 2.79. The summed E-state index contributed by atoms with van der Waals surface area (Å²) in [5.41, 5.74) is 2.29. The maximum absolute atomic E-state index is 12.2. The van der Waals surface area contributed by atoms with Gasteiger partial charge in [0.05, 0.1) is 25.7 Å². The predicted molar refractivity (Wildman–Crippen MR) is 91.9 cm³/mol. The molecule has 0 aromatic heterocycles. The van der Waals surface area contributed by atoms with Crippen molar-refractivity contribution in [3.05, 3.63) is 71.3 Å². The van der Waals surface area contributed by atoms with E-state index in [1.54, 1.807) is 18.2 Å². The second kappa shape index (κ2) is 8.87. The smallest absolute Gasteiger partial charge is 0.338 e. The number of aryl methyl sites for hydroxylation is 1. The third-order valence-corrected chi connectivity index (χ3v) is 4.03. The number of carbonyl (C=O) groups is 2. The van der Waals surface area contributed by atoms with Crippen LogP contribution in [0.5, 0.6) is 0 Å². The van der Waals surface area contributed by atoms with E-state index >= 15 is 0 Å². The molecule has 1 unspecified atom stereocenters. The van der Waals surface area contributed by atoms with Crippen LogP contribution in [0.15, 0.2) is 54.6 Å². The van der Waals surface area contributed by atoms with Crippen LogP contribution in [0.2, 0.25) is 0 Å². The van der Waals surface area contributed by atoms with Crippen LogP contribution in [-0.2, 0) is 20.7 Å². The van der Waals surface area contributed by atoms with E-state index in [2.05, 4.69) is 12.1 Å². The molecule has 4 nitrogen and oxygen atoms in total. The van der Waals surface area contributed by atoms with Gasteiger partial charge < -0.3 is 9.47 Å². The molecule has 0 fully saturated rings. The molecule has 0 amide bonds. The standard InChI is InChI=1S/C20H22O4/c1-23-19(21)17-13-7-6-12-16(17)18(20(22)24-2)14-8-11-15-9-4-3-5-10-15/h3-7,9-10,12-13,18H,8,11,14H2,1-2H3. The number of ether oxygens (including phenoxy) is 2. The second-order valence-corrected chi connectivity index (χ2v) is 5.53. The van der Waals surface area contributed by atoms with Crippen molar-refractivity contribution >= 4 is 11.9 Å². The van der Waals surface area contributed by atoms with E-state index in [0.717, 1.165) is 12.8 Å². The fraction of sp³-hybridized carbons (Fsp3) is 0.300. The molecule has 4 heteroatoms. The Hall–Kier alpha value is -2.62. The Morgan fingerprint density at radius 2 is 1.58 bits per heavy atom. The minimum Gasteiger partial charge on any atom is -0.469 e. The highest BCUT2D eigenvalue weighted by atomic mass is 16.5. The van der Waals surface area contributed by atoms with Crippen molar-refractivity contribution in [1.29, 1.82) is 0 Å². The van der Waals surface area contributed by atoms with E-state index in [4.69, 9.17) is 9.47 Å². The first-order chi connectivity index (χ1) is 11.7. The Morgan fingerprint density at radius 1 is 0.917 bits per heavy atom. The van der Waals surface area contributed by atoms with Crippen molar-refractivity contribution in [2.24, 2.45) is 0 Å². The van der Waals surface area contributed by atoms with E-state index in [9.17, 15) is 9.59 Å². The summed E-state index contributed by atoms with van der Waals surface area (Å²) in [7, 11) is 2.70. The van der Waals surface area contributed by atoms with Crippen LogP contribution in [0.3, 0.4) is 0 Å². The van der Waals surface area contributed by atoms with Gasteiger partial charge in [-0.25, -0.2) is 4.79 Å². The molecule has 0 saturated carbocycles. The lowest BCUT2D eigenvalue weighted by Crippen LogP contribution is -2.18. The van der Waals surface area contributed by atoms with Gasteiger partial charge >= 0.3 is 11.9 Å². The maximum Gasteiger partial charge on any atom is 0.338 e. The van der Waals surface area contributed by atoms with E-state index < -0.39 is 11.9 Å². The van der Waals surface area contributed by atoms with Gasteiger partial charge in [-0.05, 0) is 36.5 Å². The van der Waals surface area contributed by atoms with E-state index in [1.807, 2.05) is 24.3 Å². The van der Waals surface area contributed by atoms with Crippen LogP contribution in [-0.4, -0.2) is 26.2 Å². The number of carbonyl (C=O) groups excluding carboxylic acids is 2. The second-order valence-electron chi connectivity index (χ2n) is 5.53. The van der Waals surface area contributed by atoms with Crippen molar-refractivity contribution in [3.8, 4) is 0 Å². The molecule has 0 aliphatic carbocycles. The van der Waals surface area contributed by atoms with Gasteiger partial charge in [-0.15, -0.1) is 0 Å². The molecular formula is C20H22O4. The minimum atomic E-state index is -0.478. The molecular weight excluding hydrogens is 304 g/mol. The summed E-state index contributed by atoms with van der Waals surface area (Å²) in [6.07, 6.45) is 2.30. The SMILES string of the molecule is COC(=O)c1ccccc1C(CCCc1ccccc1)C(=O)OC. The van der Waals surface area contributed by atoms with Crippen LogP contribution in [0, 0.1) is 0 Å². The molecule has 2 aromatic carbocycles. The zero-order valence-corrected chi connectivity index (χ0v) is 14.0. The highest BCUT2D eigenvalue weighted by molar-refractivity contribution is 5.93. The predicted octanol–water partition coefficient (Wildman–Crippen LogP) is 3.75. The van der Waals surface area contributed by atoms with Crippen LogP contribution in [0.4, 0.5) is 0 Å². The topological polar surface area (TPSA) is 52.6 Å². The van der Waals surface area contributed by atoms with Gasteiger partial charge in [-0.2, -0.15) is 0 Å². The van der Waals surface area contributed by atoms with Gasteiger partial charge in [-0.1, -0.05) is 48.5 Å². The minimum absolute atomic E-state index is 0.334. The molecule has 2 rings (SSSR count). The lowest BCUT2D eigenvalue weighted by atomic mass is 9.89. The Balaban J connectivity index is 2.17. The zero-order valence-electron chi connectivity index (χ0n) is 14.0. The van der Waals surface area contributed by atoms with Gasteiger partial charge in [0, 0.05) is 0 Å². The third kappa shape index (κ3) is 4.44. The summed E-state index contributed by atoms with van der Waals surface area (Å²) >= 11 is 0. The summed E-state index contributed by atoms with van der Waals surface area (Å²) in [6, 6.07) is 17.1. The largest absolute Gasteiger partial charge is 0.469 e. The summed E-state index contributed by atoms with van der Waals surface area (Å²) < 4.78 is 9.77. The highest BCUT2D eigenvalue weighted by Gasteiger charge is 2.26. The van der Waals surface area contributed by atoms with Crippen molar-refractivity contribution in [3.63, 3.8) is 0 Å². The quantitative estimate of drug-likeness (QED) is 0.727. The van der Waals surface area contributed by atoms with Gasteiger partial charge in [0.1, 0.15) is 0 Å². The lowest BCUT2D eigenvalue weighted by molar-refractivity contribution is -0.142. The monoisotopic (exact) mass is 326 g/mol. The normalized spacial score (nSPS) is 11.6. The van der Waals surface area contributed by atoms with Crippen LogP contribution in [0.1, 0.15) is 40.2 Å². The molecule has 1 atom stereocenters. The first-order valence-electron chi connectivity index (χ1n) is 7.96. The van der Waals surface area contributed by atoms with Crippen molar-refractivity contribution in [1.82, 2.24) is 0 Å². The van der Waals surface area contributed by atoms with Gasteiger partial charge in [-0.3, -0.25) is 4.79 Å². The molecule has 0 aliphatic rings. The zero-order chi connectivity index (χ0) is 17.4. The van der Waals surface area contributed by atoms with Crippen LogP contribution in [0.25, 0.3) is 0 Å². The van der Waals surface area contributed by atoms with Gasteiger partial charge in [0.15, 0.2) is 0 Å². The number of methoxy groups -OCH3 is 2. The average molecular weight is 326 g/mol. The molecule has 2 aromatic rings. The number of rotatable bonds is 7. The number of esters is 2. The highest BCUT2D eigenvalue weighted by Crippen LogP contribution is 2.27. The summed E-state index contributed by atoms with van der Waals surface area (Å²) in [5, 5.41) is 0. The lowest BCUT2D eigenvalue weighted by Gasteiger charge is -2.17. The van der Waals surface area contributed by atoms with Gasteiger partial charge in [0.25, 0.3) is 0 Å². The van der Waals surface area contributed by atoms with Crippen LogP contribution >= 0.6 is 0 Å². The first-order valence-corrected chi connectivity index (χ1v) is 7.96. The molecule has 0 saturated heterocycles. The maximum atomic E-state index is 12.2. The molecule has 0 spiro atoms. The number of hydrogen-bond acceptors (Lipinski definition) is 4. The molecule has 24 heavy (non-hydrogen) atoms. The van der Waals surface area contributed by atoms with E-state index in [1.165, 1.54) is 19.8 Å². The number of hydrogen-bond donors (Lipinski definition) is 0. The summed E-state index contributed by atoms with van der Waals surface area (Å²) in [6.45, 7) is 0. The first kappa shape index (κ1) is 17.7. The van der Waals surface area contributed by atoms with Gasteiger partial charge in [0.2, 0.25) is 0 Å². The summed E-state index contributed by atoms with van der Waals surface area (Å²) in [4.78, 5) is 24.2. The van der Waals surface area contributed by atoms with Crippen molar-refractivity contribution < 1.29 is 19.1 Å². The Labute approximate surface area is 142 Å². The fourth-order valence-corrected chi connectivity index (χ4v) is 2.79.